The third kappa shape index (κ3) is 3.89. The van der Waals surface area contributed by atoms with Crippen LogP contribution in [0.2, 0.25) is 0 Å². The molecule has 0 spiro atoms. The lowest BCUT2D eigenvalue weighted by Crippen LogP contribution is -2.30. The summed E-state index contributed by atoms with van der Waals surface area (Å²) in [6.07, 6.45) is 4.96. The van der Waals surface area contributed by atoms with Crippen LogP contribution >= 0.6 is 0 Å². The third-order valence-electron chi connectivity index (χ3n) is 4.54. The van der Waals surface area contributed by atoms with Crippen molar-refractivity contribution in [3.8, 4) is 0 Å². The highest BCUT2D eigenvalue weighted by molar-refractivity contribution is 5.55. The molecule has 1 aliphatic heterocycles. The maximum atomic E-state index is 9.43. The molecule has 1 unspecified atom stereocenters. The monoisotopic (exact) mass is 276 g/mol. The van der Waals surface area contributed by atoms with Crippen molar-refractivity contribution in [2.24, 2.45) is 5.41 Å². The lowest BCUT2D eigenvalue weighted by atomic mass is 9.88. The van der Waals surface area contributed by atoms with Crippen LogP contribution in [-0.4, -0.2) is 31.3 Å². The molecule has 3 heteroatoms. The number of nitrogens with zero attached hydrogens (tertiary/aromatic N) is 1. The number of hydrogen-bond donors (Lipinski definition) is 2. The summed E-state index contributed by atoms with van der Waals surface area (Å²) in [7, 11) is 0. The maximum absolute atomic E-state index is 9.43. The van der Waals surface area contributed by atoms with E-state index in [1.807, 2.05) is 0 Å². The summed E-state index contributed by atoms with van der Waals surface area (Å²) in [6.45, 7) is 7.64. The highest BCUT2D eigenvalue weighted by Gasteiger charge is 2.20. The Bertz CT molecular complexity index is 392. The summed E-state index contributed by atoms with van der Waals surface area (Å²) in [4.78, 5) is 2.47. The van der Waals surface area contributed by atoms with Gasteiger partial charge in [-0.3, -0.25) is 0 Å². The van der Waals surface area contributed by atoms with Crippen LogP contribution in [0.15, 0.2) is 24.3 Å². The molecular weight excluding hydrogens is 248 g/mol. The van der Waals surface area contributed by atoms with E-state index in [9.17, 15) is 5.11 Å². The van der Waals surface area contributed by atoms with Gasteiger partial charge in [0.2, 0.25) is 0 Å². The highest BCUT2D eigenvalue weighted by atomic mass is 16.3. The first-order chi connectivity index (χ1) is 9.67. The minimum atomic E-state index is -0.0362. The van der Waals surface area contributed by atoms with E-state index in [0.717, 1.165) is 18.7 Å². The maximum Gasteiger partial charge on any atom is 0.0501 e. The van der Waals surface area contributed by atoms with Gasteiger partial charge in [-0.25, -0.2) is 0 Å². The van der Waals surface area contributed by atoms with Crippen molar-refractivity contribution in [2.75, 3.05) is 36.5 Å². The molecule has 0 radical (unpaired) electrons. The van der Waals surface area contributed by atoms with Crippen molar-refractivity contribution < 1.29 is 5.11 Å². The van der Waals surface area contributed by atoms with Gasteiger partial charge in [-0.2, -0.15) is 0 Å². The fourth-order valence-electron chi connectivity index (χ4n) is 2.55. The van der Waals surface area contributed by atoms with Crippen LogP contribution in [0.1, 0.15) is 39.5 Å². The standard InChI is InChI=1S/C17H28N2O/c1-3-17(2,14-20)13-18-15-7-9-16(10-8-15)19-11-5-4-6-12-19/h7-10,18,20H,3-6,11-14H2,1-2H3. The first-order valence-electron chi connectivity index (χ1n) is 7.86. The Morgan fingerprint density at radius 2 is 1.80 bits per heavy atom. The Hall–Kier alpha value is -1.22. The van der Waals surface area contributed by atoms with E-state index in [1.165, 1.54) is 38.0 Å². The minimum absolute atomic E-state index is 0.0362. The topological polar surface area (TPSA) is 35.5 Å². The van der Waals surface area contributed by atoms with E-state index in [1.54, 1.807) is 0 Å². The molecule has 0 amide bonds. The number of benzene rings is 1. The highest BCUT2D eigenvalue weighted by Crippen LogP contribution is 2.24. The summed E-state index contributed by atoms with van der Waals surface area (Å²) in [5, 5.41) is 12.9. The second kappa shape index (κ2) is 6.98. The summed E-state index contributed by atoms with van der Waals surface area (Å²) in [5.74, 6) is 0. The number of piperidine rings is 1. The molecule has 1 aliphatic rings. The Morgan fingerprint density at radius 3 is 2.35 bits per heavy atom. The van der Waals surface area contributed by atoms with Gasteiger partial charge >= 0.3 is 0 Å². The zero-order valence-corrected chi connectivity index (χ0v) is 12.9. The summed E-state index contributed by atoms with van der Waals surface area (Å²) < 4.78 is 0. The lowest BCUT2D eigenvalue weighted by Gasteiger charge is -2.29. The Balaban J connectivity index is 1.91. The van der Waals surface area contributed by atoms with Gasteiger partial charge in [0.1, 0.15) is 0 Å². The molecule has 1 saturated heterocycles. The largest absolute Gasteiger partial charge is 0.396 e. The molecule has 0 bridgehead atoms. The molecular formula is C17H28N2O. The quantitative estimate of drug-likeness (QED) is 0.835. The van der Waals surface area contributed by atoms with Crippen LogP contribution in [0, 0.1) is 5.41 Å². The van der Waals surface area contributed by atoms with Crippen molar-refractivity contribution in [3.63, 3.8) is 0 Å². The van der Waals surface area contributed by atoms with Crippen molar-refractivity contribution in [2.45, 2.75) is 39.5 Å². The van der Waals surface area contributed by atoms with E-state index >= 15 is 0 Å². The summed E-state index contributed by atoms with van der Waals surface area (Å²) in [6, 6.07) is 8.71. The Labute approximate surface area is 123 Å². The molecule has 1 atom stereocenters. The van der Waals surface area contributed by atoms with Gasteiger partial charge in [0.25, 0.3) is 0 Å². The fourth-order valence-corrected chi connectivity index (χ4v) is 2.55. The van der Waals surface area contributed by atoms with Gasteiger partial charge in [0.15, 0.2) is 0 Å². The van der Waals surface area contributed by atoms with Crippen molar-refractivity contribution >= 4 is 11.4 Å². The molecule has 1 aromatic rings. The smallest absolute Gasteiger partial charge is 0.0501 e. The van der Waals surface area contributed by atoms with Crippen LogP contribution in [-0.2, 0) is 0 Å². The van der Waals surface area contributed by atoms with Crippen molar-refractivity contribution in [1.82, 2.24) is 0 Å². The number of aliphatic hydroxyl groups is 1. The van der Waals surface area contributed by atoms with Crippen molar-refractivity contribution in [3.05, 3.63) is 24.3 Å². The van der Waals surface area contributed by atoms with Crippen LogP contribution in [0.25, 0.3) is 0 Å². The van der Waals surface area contributed by atoms with E-state index < -0.39 is 0 Å². The molecule has 112 valence electrons. The second-order valence-corrected chi connectivity index (χ2v) is 6.27. The molecule has 2 rings (SSSR count). The summed E-state index contributed by atoms with van der Waals surface area (Å²) >= 11 is 0. The van der Waals surface area contributed by atoms with Gasteiger partial charge in [-0.1, -0.05) is 13.8 Å². The predicted octanol–water partition coefficient (Wildman–Crippen LogP) is 3.50. The molecule has 0 saturated carbocycles. The van der Waals surface area contributed by atoms with Gasteiger partial charge in [0.05, 0.1) is 6.61 Å². The molecule has 0 aromatic heterocycles. The molecule has 0 aliphatic carbocycles. The van der Waals surface area contributed by atoms with E-state index in [0.29, 0.717) is 0 Å². The van der Waals surface area contributed by atoms with Gasteiger partial charge in [-0.15, -0.1) is 0 Å². The lowest BCUT2D eigenvalue weighted by molar-refractivity contribution is 0.149. The molecule has 1 heterocycles. The first kappa shape index (κ1) is 15.2. The molecule has 3 nitrogen and oxygen atoms in total. The van der Waals surface area contributed by atoms with Crippen LogP contribution in [0.5, 0.6) is 0 Å². The summed E-state index contributed by atoms with van der Waals surface area (Å²) in [5.41, 5.74) is 2.43. The average molecular weight is 276 g/mol. The van der Waals surface area contributed by atoms with Crippen LogP contribution in [0.3, 0.4) is 0 Å². The van der Waals surface area contributed by atoms with Gasteiger partial charge in [-0.05, 0) is 49.9 Å². The molecule has 20 heavy (non-hydrogen) atoms. The van der Waals surface area contributed by atoms with E-state index in [2.05, 4.69) is 48.3 Å². The molecule has 2 N–H and O–H groups in total. The Morgan fingerprint density at radius 1 is 1.15 bits per heavy atom. The van der Waals surface area contributed by atoms with E-state index in [4.69, 9.17) is 0 Å². The SMILES string of the molecule is CCC(C)(CO)CNc1ccc(N2CCCCC2)cc1. The number of anilines is 2. The van der Waals surface area contributed by atoms with Gasteiger partial charge < -0.3 is 15.3 Å². The van der Waals surface area contributed by atoms with Gasteiger partial charge in [0, 0.05) is 36.4 Å². The second-order valence-electron chi connectivity index (χ2n) is 6.27. The van der Waals surface area contributed by atoms with Crippen LogP contribution < -0.4 is 10.2 Å². The minimum Gasteiger partial charge on any atom is -0.396 e. The number of rotatable bonds is 6. The van der Waals surface area contributed by atoms with Crippen LogP contribution in [0.4, 0.5) is 11.4 Å². The van der Waals surface area contributed by atoms with Crippen molar-refractivity contribution in [1.29, 1.82) is 0 Å². The first-order valence-corrected chi connectivity index (χ1v) is 7.86. The Kier molecular flexibility index (Phi) is 5.30. The zero-order valence-electron chi connectivity index (χ0n) is 12.9. The molecule has 1 fully saturated rings. The number of nitrogens with one attached hydrogen (secondary N) is 1. The third-order valence-corrected chi connectivity index (χ3v) is 4.54. The fraction of sp³-hybridized carbons (Fsp3) is 0.647. The number of hydrogen-bond acceptors (Lipinski definition) is 3. The average Bonchev–Trinajstić information content (AvgIpc) is 2.54. The normalized spacial score (nSPS) is 18.6. The van der Waals surface area contributed by atoms with E-state index in [-0.39, 0.29) is 12.0 Å². The number of aliphatic hydroxyl groups excluding tert-OH is 1. The molecule has 1 aromatic carbocycles. The zero-order chi connectivity index (χ0) is 14.4. The predicted molar refractivity (Wildman–Crippen MR) is 86.5 cm³/mol.